The SMILES string of the molecule is CCc1ccc(N([C@H](C)C(=O)Nc2ccc(OC)cc2OC)S(C)(=O)=O)cc1. The molecule has 0 aliphatic heterocycles. The Bertz CT molecular complexity index is 926. The Labute approximate surface area is 166 Å². The predicted octanol–water partition coefficient (Wildman–Crippen LogP) is 3.06. The molecule has 2 rings (SSSR count). The second-order valence-electron chi connectivity index (χ2n) is 6.31. The van der Waals surface area contributed by atoms with Gasteiger partial charge < -0.3 is 14.8 Å². The van der Waals surface area contributed by atoms with E-state index in [0.29, 0.717) is 22.9 Å². The third-order valence-electron chi connectivity index (χ3n) is 4.35. The summed E-state index contributed by atoms with van der Waals surface area (Å²) in [7, 11) is -0.670. The summed E-state index contributed by atoms with van der Waals surface area (Å²) in [5, 5.41) is 2.73. The van der Waals surface area contributed by atoms with Crippen LogP contribution in [0.25, 0.3) is 0 Å². The molecule has 0 bridgehead atoms. The van der Waals surface area contributed by atoms with Gasteiger partial charge in [-0.15, -0.1) is 0 Å². The summed E-state index contributed by atoms with van der Waals surface area (Å²) in [6.45, 7) is 3.56. The molecule has 0 aliphatic carbocycles. The van der Waals surface area contributed by atoms with Crippen LogP contribution >= 0.6 is 0 Å². The Balaban J connectivity index is 2.31. The van der Waals surface area contributed by atoms with Gasteiger partial charge in [-0.05, 0) is 43.2 Å². The van der Waals surface area contributed by atoms with Crippen molar-refractivity contribution in [2.45, 2.75) is 26.3 Å². The lowest BCUT2D eigenvalue weighted by molar-refractivity contribution is -0.116. The average Bonchev–Trinajstić information content (AvgIpc) is 2.67. The molecule has 0 unspecified atom stereocenters. The van der Waals surface area contributed by atoms with Gasteiger partial charge in [0.1, 0.15) is 17.5 Å². The fourth-order valence-electron chi connectivity index (χ4n) is 2.83. The first kappa shape index (κ1) is 21.6. The van der Waals surface area contributed by atoms with E-state index in [1.165, 1.54) is 14.2 Å². The second-order valence-corrected chi connectivity index (χ2v) is 8.17. The molecular formula is C20H26N2O5S. The molecule has 0 radical (unpaired) electrons. The summed E-state index contributed by atoms with van der Waals surface area (Å²) in [5.41, 5.74) is 1.94. The molecule has 28 heavy (non-hydrogen) atoms. The smallest absolute Gasteiger partial charge is 0.248 e. The minimum Gasteiger partial charge on any atom is -0.497 e. The van der Waals surface area contributed by atoms with E-state index in [0.717, 1.165) is 22.5 Å². The molecular weight excluding hydrogens is 380 g/mol. The molecule has 0 saturated carbocycles. The maximum atomic E-state index is 12.8. The molecule has 1 amide bonds. The van der Waals surface area contributed by atoms with Gasteiger partial charge in [-0.1, -0.05) is 19.1 Å². The van der Waals surface area contributed by atoms with Crippen molar-refractivity contribution in [2.24, 2.45) is 0 Å². The summed E-state index contributed by atoms with van der Waals surface area (Å²) in [6.07, 6.45) is 1.92. The van der Waals surface area contributed by atoms with E-state index in [-0.39, 0.29) is 0 Å². The van der Waals surface area contributed by atoms with Crippen molar-refractivity contribution in [2.75, 3.05) is 30.1 Å². The molecule has 2 aromatic rings. The first-order valence-corrected chi connectivity index (χ1v) is 10.7. The van der Waals surface area contributed by atoms with Gasteiger partial charge in [0.05, 0.1) is 31.9 Å². The number of hydrogen-bond acceptors (Lipinski definition) is 5. The maximum Gasteiger partial charge on any atom is 0.248 e. The van der Waals surface area contributed by atoms with Crippen molar-refractivity contribution >= 4 is 27.3 Å². The maximum absolute atomic E-state index is 12.8. The number of anilines is 2. The number of rotatable bonds is 8. The van der Waals surface area contributed by atoms with Crippen LogP contribution in [-0.4, -0.2) is 40.8 Å². The van der Waals surface area contributed by atoms with Gasteiger partial charge in [-0.2, -0.15) is 0 Å². The van der Waals surface area contributed by atoms with Crippen molar-refractivity contribution in [1.82, 2.24) is 0 Å². The van der Waals surface area contributed by atoms with Crippen molar-refractivity contribution < 1.29 is 22.7 Å². The number of methoxy groups -OCH3 is 2. The van der Waals surface area contributed by atoms with Crippen LogP contribution in [0.1, 0.15) is 19.4 Å². The van der Waals surface area contributed by atoms with Crippen LogP contribution in [0, 0.1) is 0 Å². The lowest BCUT2D eigenvalue weighted by Gasteiger charge is -2.28. The highest BCUT2D eigenvalue weighted by molar-refractivity contribution is 7.92. The molecule has 0 fully saturated rings. The number of carbonyl (C=O) groups is 1. The van der Waals surface area contributed by atoms with Crippen LogP contribution in [-0.2, 0) is 21.2 Å². The molecule has 7 nitrogen and oxygen atoms in total. The molecule has 0 aromatic heterocycles. The zero-order valence-electron chi connectivity index (χ0n) is 16.7. The summed E-state index contributed by atoms with van der Waals surface area (Å²) in [4.78, 5) is 12.8. The first-order chi connectivity index (χ1) is 13.2. The van der Waals surface area contributed by atoms with Gasteiger partial charge in [0.25, 0.3) is 0 Å². The second kappa shape index (κ2) is 8.97. The summed E-state index contributed by atoms with van der Waals surface area (Å²) in [5.74, 6) is 0.517. The van der Waals surface area contributed by atoms with E-state index in [1.54, 1.807) is 37.3 Å². The predicted molar refractivity (Wildman–Crippen MR) is 111 cm³/mol. The lowest BCUT2D eigenvalue weighted by atomic mass is 10.1. The molecule has 1 N–H and O–H groups in total. The van der Waals surface area contributed by atoms with E-state index in [9.17, 15) is 13.2 Å². The van der Waals surface area contributed by atoms with Gasteiger partial charge in [0.15, 0.2) is 0 Å². The summed E-state index contributed by atoms with van der Waals surface area (Å²) >= 11 is 0. The van der Waals surface area contributed by atoms with Crippen LogP contribution in [0.2, 0.25) is 0 Å². The number of benzene rings is 2. The van der Waals surface area contributed by atoms with E-state index in [2.05, 4.69) is 5.32 Å². The van der Waals surface area contributed by atoms with Crippen LogP contribution in [0.5, 0.6) is 11.5 Å². The molecule has 152 valence electrons. The molecule has 0 spiro atoms. The first-order valence-electron chi connectivity index (χ1n) is 8.82. The molecule has 8 heteroatoms. The highest BCUT2D eigenvalue weighted by atomic mass is 32.2. The van der Waals surface area contributed by atoms with Crippen molar-refractivity contribution in [3.05, 3.63) is 48.0 Å². The van der Waals surface area contributed by atoms with Gasteiger partial charge in [-0.25, -0.2) is 8.42 Å². The number of nitrogens with zero attached hydrogens (tertiary/aromatic N) is 1. The van der Waals surface area contributed by atoms with Crippen LogP contribution in [0.15, 0.2) is 42.5 Å². The highest BCUT2D eigenvalue weighted by Gasteiger charge is 2.29. The van der Waals surface area contributed by atoms with E-state index < -0.39 is 22.0 Å². The molecule has 0 aliphatic rings. The number of hydrogen-bond donors (Lipinski definition) is 1. The summed E-state index contributed by atoms with van der Waals surface area (Å²) in [6, 6.07) is 11.1. The molecule has 0 heterocycles. The fourth-order valence-corrected chi connectivity index (χ4v) is 4.00. The molecule has 0 saturated heterocycles. The Hall–Kier alpha value is -2.74. The van der Waals surface area contributed by atoms with Crippen LogP contribution < -0.4 is 19.1 Å². The van der Waals surface area contributed by atoms with Crippen molar-refractivity contribution in [1.29, 1.82) is 0 Å². The highest BCUT2D eigenvalue weighted by Crippen LogP contribution is 2.30. The van der Waals surface area contributed by atoms with Crippen molar-refractivity contribution in [3.63, 3.8) is 0 Å². The van der Waals surface area contributed by atoms with Gasteiger partial charge in [0, 0.05) is 6.07 Å². The van der Waals surface area contributed by atoms with E-state index in [1.807, 2.05) is 19.1 Å². The van der Waals surface area contributed by atoms with Gasteiger partial charge in [-0.3, -0.25) is 9.10 Å². The van der Waals surface area contributed by atoms with Gasteiger partial charge in [0.2, 0.25) is 15.9 Å². The molecule has 1 atom stereocenters. The van der Waals surface area contributed by atoms with E-state index >= 15 is 0 Å². The van der Waals surface area contributed by atoms with Crippen LogP contribution in [0.4, 0.5) is 11.4 Å². The van der Waals surface area contributed by atoms with Crippen molar-refractivity contribution in [3.8, 4) is 11.5 Å². The van der Waals surface area contributed by atoms with E-state index in [4.69, 9.17) is 9.47 Å². The number of nitrogens with one attached hydrogen (secondary N) is 1. The third kappa shape index (κ3) is 4.95. The Morgan fingerprint density at radius 1 is 1.11 bits per heavy atom. The zero-order valence-corrected chi connectivity index (χ0v) is 17.5. The number of carbonyl (C=O) groups excluding carboxylic acids is 1. The monoisotopic (exact) mass is 406 g/mol. The molecule has 2 aromatic carbocycles. The average molecular weight is 407 g/mol. The third-order valence-corrected chi connectivity index (χ3v) is 5.60. The standard InChI is InChI=1S/C20H26N2O5S/c1-6-15-7-9-16(10-8-15)22(28(5,24)25)14(2)20(23)21-18-12-11-17(26-3)13-19(18)27-4/h7-14H,6H2,1-5H3,(H,21,23)/t14-/m1/s1. The zero-order chi connectivity index (χ0) is 20.9. The minimum atomic E-state index is -3.68. The lowest BCUT2D eigenvalue weighted by Crippen LogP contribution is -2.45. The quantitative estimate of drug-likeness (QED) is 0.728. The van der Waals surface area contributed by atoms with Gasteiger partial charge >= 0.3 is 0 Å². The normalized spacial score (nSPS) is 12.2. The largest absolute Gasteiger partial charge is 0.497 e. The number of amides is 1. The Kier molecular flexibility index (Phi) is 6.90. The number of aryl methyl sites for hydroxylation is 1. The number of ether oxygens (including phenoxy) is 2. The van der Waals surface area contributed by atoms with Crippen LogP contribution in [0.3, 0.4) is 0 Å². The summed E-state index contributed by atoms with van der Waals surface area (Å²) < 4.78 is 36.3. The fraction of sp³-hybridized carbons (Fsp3) is 0.350. The Morgan fingerprint density at radius 3 is 2.25 bits per heavy atom. The Morgan fingerprint density at radius 2 is 1.75 bits per heavy atom. The topological polar surface area (TPSA) is 84.9 Å². The number of sulfonamides is 1. The minimum absolute atomic E-state index is 0.415.